The van der Waals surface area contributed by atoms with E-state index >= 15 is 0 Å². The number of aliphatic hydroxyl groups is 1. The van der Waals surface area contributed by atoms with Crippen LogP contribution in [0.1, 0.15) is 41.0 Å². The van der Waals surface area contributed by atoms with Crippen LogP contribution in [0.25, 0.3) is 0 Å². The zero-order valence-electron chi connectivity index (χ0n) is 9.96. The fourth-order valence-corrected chi connectivity index (χ4v) is 3.25. The van der Waals surface area contributed by atoms with E-state index in [0.717, 1.165) is 5.92 Å². The molecule has 0 aromatic heterocycles. The topological polar surface area (TPSA) is 20.2 Å². The first-order chi connectivity index (χ1) is 6.37. The summed E-state index contributed by atoms with van der Waals surface area (Å²) in [6, 6.07) is 0. The minimum Gasteiger partial charge on any atom is -0.388 e. The molecule has 1 nitrogen and oxygen atoms in total. The average molecular weight is 194 g/mol. The predicted octanol–water partition coefficient (Wildman–Crippen LogP) is 3.00. The molecule has 0 aromatic rings. The minimum atomic E-state index is -0.202. The molecule has 1 N–H and O–H groups in total. The molecule has 0 spiro atoms. The molecule has 2 rings (SSSR count). The molecule has 1 unspecified atom stereocenters. The molecule has 80 valence electrons. The third-order valence-corrected chi connectivity index (χ3v) is 4.35. The van der Waals surface area contributed by atoms with Gasteiger partial charge in [0.2, 0.25) is 0 Å². The number of fused-ring (bicyclic) bond motifs is 1. The SMILES string of the molecule is CC1=C(C(O)C(C)C)[C@@H]2[C@H](C1)C2(C)C. The Bertz CT molecular complexity index is 286. The Balaban J connectivity index is 2.23. The molecular weight excluding hydrogens is 172 g/mol. The second-order valence-corrected chi connectivity index (χ2v) is 6.03. The van der Waals surface area contributed by atoms with Crippen LogP contribution in [-0.4, -0.2) is 11.2 Å². The summed E-state index contributed by atoms with van der Waals surface area (Å²) in [7, 11) is 0. The highest BCUT2D eigenvalue weighted by molar-refractivity contribution is 5.38. The third-order valence-electron chi connectivity index (χ3n) is 4.35. The van der Waals surface area contributed by atoms with Crippen molar-refractivity contribution in [3.05, 3.63) is 11.1 Å². The summed E-state index contributed by atoms with van der Waals surface area (Å²) in [5, 5.41) is 10.2. The monoisotopic (exact) mass is 194 g/mol. The van der Waals surface area contributed by atoms with Crippen LogP contribution in [0.5, 0.6) is 0 Å². The van der Waals surface area contributed by atoms with E-state index in [1.54, 1.807) is 0 Å². The molecule has 2 aliphatic carbocycles. The van der Waals surface area contributed by atoms with Crippen molar-refractivity contribution in [2.24, 2.45) is 23.2 Å². The van der Waals surface area contributed by atoms with E-state index in [-0.39, 0.29) is 6.10 Å². The zero-order valence-corrected chi connectivity index (χ0v) is 9.96. The third kappa shape index (κ3) is 1.18. The van der Waals surface area contributed by atoms with Crippen molar-refractivity contribution in [3.63, 3.8) is 0 Å². The van der Waals surface area contributed by atoms with E-state index in [2.05, 4.69) is 34.6 Å². The van der Waals surface area contributed by atoms with E-state index in [0.29, 0.717) is 17.3 Å². The highest BCUT2D eigenvalue weighted by Gasteiger charge is 2.63. The van der Waals surface area contributed by atoms with Gasteiger partial charge in [-0.15, -0.1) is 0 Å². The number of rotatable bonds is 2. The van der Waals surface area contributed by atoms with Gasteiger partial charge >= 0.3 is 0 Å². The van der Waals surface area contributed by atoms with E-state index in [4.69, 9.17) is 0 Å². The van der Waals surface area contributed by atoms with Crippen LogP contribution in [0.4, 0.5) is 0 Å². The van der Waals surface area contributed by atoms with Gasteiger partial charge in [-0.3, -0.25) is 0 Å². The molecule has 0 heterocycles. The summed E-state index contributed by atoms with van der Waals surface area (Å²) >= 11 is 0. The maximum atomic E-state index is 10.2. The van der Waals surface area contributed by atoms with Crippen LogP contribution in [-0.2, 0) is 0 Å². The van der Waals surface area contributed by atoms with Crippen molar-refractivity contribution in [1.29, 1.82) is 0 Å². The maximum Gasteiger partial charge on any atom is 0.0778 e. The Hall–Kier alpha value is -0.300. The molecule has 3 atom stereocenters. The Kier molecular flexibility index (Phi) is 2.08. The predicted molar refractivity (Wildman–Crippen MR) is 58.9 cm³/mol. The molecule has 0 aromatic carbocycles. The first-order valence-corrected chi connectivity index (χ1v) is 5.75. The van der Waals surface area contributed by atoms with Gasteiger partial charge in [-0.25, -0.2) is 0 Å². The second-order valence-electron chi connectivity index (χ2n) is 6.03. The minimum absolute atomic E-state index is 0.202. The lowest BCUT2D eigenvalue weighted by atomic mass is 9.88. The quantitative estimate of drug-likeness (QED) is 0.670. The highest BCUT2D eigenvalue weighted by Crippen LogP contribution is 2.69. The van der Waals surface area contributed by atoms with Crippen LogP contribution in [0, 0.1) is 23.2 Å². The second kappa shape index (κ2) is 2.85. The van der Waals surface area contributed by atoms with Crippen molar-refractivity contribution in [2.75, 3.05) is 0 Å². The summed E-state index contributed by atoms with van der Waals surface area (Å²) in [6.07, 6.45) is 1.02. The zero-order chi connectivity index (χ0) is 10.7. The molecule has 1 fully saturated rings. The Morgan fingerprint density at radius 2 is 1.93 bits per heavy atom. The molecule has 0 aliphatic heterocycles. The smallest absolute Gasteiger partial charge is 0.0778 e. The van der Waals surface area contributed by atoms with E-state index in [1.807, 2.05) is 0 Å². The number of hydrogen-bond donors (Lipinski definition) is 1. The largest absolute Gasteiger partial charge is 0.388 e. The standard InChI is InChI=1S/C13H22O/c1-7(2)12(14)10-8(3)6-9-11(10)13(9,4)5/h7,9,11-12,14H,6H2,1-5H3/t9-,11-,12?/m0/s1. The van der Waals surface area contributed by atoms with E-state index < -0.39 is 0 Å². The van der Waals surface area contributed by atoms with Gasteiger partial charge in [0.05, 0.1) is 6.10 Å². The molecule has 14 heavy (non-hydrogen) atoms. The molecule has 0 radical (unpaired) electrons. The van der Waals surface area contributed by atoms with Crippen molar-refractivity contribution >= 4 is 0 Å². The Labute approximate surface area is 87.2 Å². The summed E-state index contributed by atoms with van der Waals surface area (Å²) in [6.45, 7) is 11.1. The van der Waals surface area contributed by atoms with Gasteiger partial charge in [-0.1, -0.05) is 33.3 Å². The van der Waals surface area contributed by atoms with Crippen molar-refractivity contribution in [2.45, 2.75) is 47.1 Å². The van der Waals surface area contributed by atoms with Gasteiger partial charge < -0.3 is 5.11 Å². The normalized spacial score (nSPS) is 36.2. The average Bonchev–Trinajstić information content (AvgIpc) is 2.43. The summed E-state index contributed by atoms with van der Waals surface area (Å²) < 4.78 is 0. The van der Waals surface area contributed by atoms with Crippen molar-refractivity contribution < 1.29 is 5.11 Å². The van der Waals surface area contributed by atoms with Gasteiger partial charge in [0, 0.05) is 0 Å². The first kappa shape index (κ1) is 10.2. The lowest BCUT2D eigenvalue weighted by Gasteiger charge is -2.21. The molecule has 0 amide bonds. The lowest BCUT2D eigenvalue weighted by molar-refractivity contribution is 0.152. The summed E-state index contributed by atoms with van der Waals surface area (Å²) in [5.74, 6) is 1.86. The van der Waals surface area contributed by atoms with Gasteiger partial charge in [0.15, 0.2) is 0 Å². The summed E-state index contributed by atoms with van der Waals surface area (Å²) in [5.41, 5.74) is 3.29. The van der Waals surface area contributed by atoms with Crippen molar-refractivity contribution in [1.82, 2.24) is 0 Å². The molecule has 0 bridgehead atoms. The fraction of sp³-hybridized carbons (Fsp3) is 0.846. The van der Waals surface area contributed by atoms with Gasteiger partial charge in [0.25, 0.3) is 0 Å². The van der Waals surface area contributed by atoms with Crippen LogP contribution < -0.4 is 0 Å². The molecule has 1 heteroatoms. The molecule has 2 aliphatic rings. The lowest BCUT2D eigenvalue weighted by Crippen LogP contribution is -2.20. The van der Waals surface area contributed by atoms with Crippen LogP contribution >= 0.6 is 0 Å². The molecule has 0 saturated heterocycles. The maximum absolute atomic E-state index is 10.2. The fourth-order valence-electron chi connectivity index (χ4n) is 3.25. The van der Waals surface area contributed by atoms with Crippen LogP contribution in [0.2, 0.25) is 0 Å². The van der Waals surface area contributed by atoms with Crippen molar-refractivity contribution in [3.8, 4) is 0 Å². The van der Waals surface area contributed by atoms with E-state index in [9.17, 15) is 5.11 Å². The van der Waals surface area contributed by atoms with Gasteiger partial charge in [0.1, 0.15) is 0 Å². The first-order valence-electron chi connectivity index (χ1n) is 5.75. The Morgan fingerprint density at radius 3 is 2.36 bits per heavy atom. The number of aliphatic hydroxyl groups excluding tert-OH is 1. The van der Waals surface area contributed by atoms with Crippen LogP contribution in [0.15, 0.2) is 11.1 Å². The molecule has 1 saturated carbocycles. The van der Waals surface area contributed by atoms with Gasteiger partial charge in [-0.2, -0.15) is 0 Å². The van der Waals surface area contributed by atoms with Crippen LogP contribution in [0.3, 0.4) is 0 Å². The molecular formula is C13H22O. The van der Waals surface area contributed by atoms with Gasteiger partial charge in [-0.05, 0) is 42.1 Å². The Morgan fingerprint density at radius 1 is 1.36 bits per heavy atom. The number of hydrogen-bond acceptors (Lipinski definition) is 1. The summed E-state index contributed by atoms with van der Waals surface area (Å²) in [4.78, 5) is 0. The number of allylic oxidation sites excluding steroid dienone is 1. The van der Waals surface area contributed by atoms with E-state index in [1.165, 1.54) is 17.6 Å². The highest BCUT2D eigenvalue weighted by atomic mass is 16.3.